The molecule has 0 aliphatic heterocycles. The molecule has 0 bridgehead atoms. The third kappa shape index (κ3) is 3.09. The van der Waals surface area contributed by atoms with E-state index in [1.54, 1.807) is 0 Å². The number of hydrogen-bond donors (Lipinski definition) is 1. The molecule has 2 aromatic carbocycles. The predicted molar refractivity (Wildman–Crippen MR) is 89.7 cm³/mol. The SMILES string of the molecule is Cc1cccc(N=Cc2nc(-c3ccccc3Br)oc2O)c1. The van der Waals surface area contributed by atoms with Gasteiger partial charge in [0.05, 0.1) is 17.5 Å². The quantitative estimate of drug-likeness (QED) is 0.681. The van der Waals surface area contributed by atoms with Gasteiger partial charge in [-0.3, -0.25) is 4.99 Å². The Hall–Kier alpha value is -2.40. The molecule has 1 heterocycles. The van der Waals surface area contributed by atoms with E-state index in [4.69, 9.17) is 4.42 Å². The van der Waals surface area contributed by atoms with Crippen molar-refractivity contribution >= 4 is 27.8 Å². The second-order valence-electron chi connectivity index (χ2n) is 4.79. The molecule has 4 nitrogen and oxygen atoms in total. The van der Waals surface area contributed by atoms with Crippen LogP contribution in [0.3, 0.4) is 0 Å². The molecule has 0 aliphatic rings. The van der Waals surface area contributed by atoms with Gasteiger partial charge < -0.3 is 9.52 Å². The van der Waals surface area contributed by atoms with Gasteiger partial charge in [0.25, 0.3) is 0 Å². The molecular formula is C17H13BrN2O2. The number of oxazole rings is 1. The third-order valence-electron chi connectivity index (χ3n) is 3.08. The van der Waals surface area contributed by atoms with Crippen LogP contribution in [-0.2, 0) is 0 Å². The monoisotopic (exact) mass is 356 g/mol. The van der Waals surface area contributed by atoms with Crippen molar-refractivity contribution in [3.05, 3.63) is 64.3 Å². The Bertz CT molecular complexity index is 840. The lowest BCUT2D eigenvalue weighted by molar-refractivity contribution is 0.337. The van der Waals surface area contributed by atoms with Crippen LogP contribution in [0, 0.1) is 6.92 Å². The Labute approximate surface area is 136 Å². The summed E-state index contributed by atoms with van der Waals surface area (Å²) in [6.45, 7) is 2.00. The molecule has 0 saturated heterocycles. The molecule has 110 valence electrons. The lowest BCUT2D eigenvalue weighted by Crippen LogP contribution is -1.83. The van der Waals surface area contributed by atoms with Gasteiger partial charge in [0, 0.05) is 4.47 Å². The second kappa shape index (κ2) is 6.15. The molecular weight excluding hydrogens is 344 g/mol. The van der Waals surface area contributed by atoms with Crippen LogP contribution in [0.5, 0.6) is 5.95 Å². The van der Waals surface area contributed by atoms with Gasteiger partial charge in [-0.15, -0.1) is 0 Å². The lowest BCUT2D eigenvalue weighted by atomic mass is 10.2. The summed E-state index contributed by atoms with van der Waals surface area (Å²) < 4.78 is 6.16. The van der Waals surface area contributed by atoms with E-state index in [0.717, 1.165) is 21.3 Å². The summed E-state index contributed by atoms with van der Waals surface area (Å²) in [6.07, 6.45) is 1.49. The van der Waals surface area contributed by atoms with E-state index in [1.807, 2.05) is 55.5 Å². The number of rotatable bonds is 3. The van der Waals surface area contributed by atoms with E-state index in [1.165, 1.54) is 6.21 Å². The van der Waals surface area contributed by atoms with Crippen LogP contribution in [0.1, 0.15) is 11.3 Å². The van der Waals surface area contributed by atoms with E-state index in [9.17, 15) is 5.11 Å². The summed E-state index contributed by atoms with van der Waals surface area (Å²) in [5, 5.41) is 9.88. The predicted octanol–water partition coefficient (Wildman–Crippen LogP) is 4.87. The van der Waals surface area contributed by atoms with Crippen molar-refractivity contribution in [1.29, 1.82) is 0 Å². The lowest BCUT2D eigenvalue weighted by Gasteiger charge is -1.97. The molecule has 0 atom stereocenters. The molecule has 0 aliphatic carbocycles. The molecule has 0 fully saturated rings. The van der Waals surface area contributed by atoms with E-state index in [-0.39, 0.29) is 5.95 Å². The van der Waals surface area contributed by atoms with E-state index >= 15 is 0 Å². The normalized spacial score (nSPS) is 11.2. The zero-order valence-electron chi connectivity index (χ0n) is 11.8. The first kappa shape index (κ1) is 14.5. The maximum Gasteiger partial charge on any atom is 0.312 e. The van der Waals surface area contributed by atoms with Crippen LogP contribution in [-0.4, -0.2) is 16.3 Å². The van der Waals surface area contributed by atoms with E-state index < -0.39 is 0 Å². The number of nitrogens with zero attached hydrogens (tertiary/aromatic N) is 2. The van der Waals surface area contributed by atoms with Gasteiger partial charge in [-0.2, -0.15) is 0 Å². The first-order valence-corrected chi connectivity index (χ1v) is 7.48. The third-order valence-corrected chi connectivity index (χ3v) is 3.77. The number of hydrogen-bond acceptors (Lipinski definition) is 4. The van der Waals surface area contributed by atoms with Crippen molar-refractivity contribution in [1.82, 2.24) is 4.98 Å². The van der Waals surface area contributed by atoms with E-state index in [2.05, 4.69) is 25.9 Å². The fourth-order valence-electron chi connectivity index (χ4n) is 2.00. The van der Waals surface area contributed by atoms with Gasteiger partial charge in [0.2, 0.25) is 5.89 Å². The molecule has 3 aromatic rings. The molecule has 1 aromatic heterocycles. The van der Waals surface area contributed by atoms with Crippen LogP contribution in [0.15, 0.2) is 62.4 Å². The minimum Gasteiger partial charge on any atom is -0.479 e. The van der Waals surface area contributed by atoms with Crippen molar-refractivity contribution in [2.75, 3.05) is 0 Å². The van der Waals surface area contributed by atoms with Gasteiger partial charge in [-0.25, -0.2) is 4.98 Å². The van der Waals surface area contributed by atoms with Crippen LogP contribution < -0.4 is 0 Å². The van der Waals surface area contributed by atoms with Crippen molar-refractivity contribution in [3.63, 3.8) is 0 Å². The molecule has 1 N–H and O–H groups in total. The second-order valence-corrected chi connectivity index (χ2v) is 5.64. The van der Waals surface area contributed by atoms with Crippen LogP contribution in [0.4, 0.5) is 5.69 Å². The standard InChI is InChI=1S/C17H13BrN2O2/c1-11-5-4-6-12(9-11)19-10-15-17(21)22-16(20-15)13-7-2-3-8-14(13)18/h2-10,21H,1H3. The van der Waals surface area contributed by atoms with E-state index in [0.29, 0.717) is 11.6 Å². The highest BCUT2D eigenvalue weighted by Crippen LogP contribution is 2.31. The molecule has 0 amide bonds. The first-order valence-electron chi connectivity index (χ1n) is 6.69. The average molecular weight is 357 g/mol. The van der Waals surface area contributed by atoms with Gasteiger partial charge in [0.15, 0.2) is 5.69 Å². The highest BCUT2D eigenvalue weighted by Gasteiger charge is 2.14. The smallest absolute Gasteiger partial charge is 0.312 e. The van der Waals surface area contributed by atoms with Crippen molar-refractivity contribution in [3.8, 4) is 17.4 Å². The number of halogens is 1. The summed E-state index contributed by atoms with van der Waals surface area (Å²) in [6, 6.07) is 15.3. The van der Waals surface area contributed by atoms with Crippen LogP contribution >= 0.6 is 15.9 Å². The Morgan fingerprint density at radius 2 is 2.00 bits per heavy atom. The maximum atomic E-state index is 9.88. The minimum atomic E-state index is -0.248. The van der Waals surface area contributed by atoms with Crippen molar-refractivity contribution in [2.45, 2.75) is 6.92 Å². The Balaban J connectivity index is 1.92. The Morgan fingerprint density at radius 3 is 2.77 bits per heavy atom. The van der Waals surface area contributed by atoms with Crippen LogP contribution in [0.25, 0.3) is 11.5 Å². The fraction of sp³-hybridized carbons (Fsp3) is 0.0588. The number of aromatic hydroxyl groups is 1. The molecule has 0 spiro atoms. The Morgan fingerprint density at radius 1 is 1.18 bits per heavy atom. The molecule has 3 rings (SSSR count). The Kier molecular flexibility index (Phi) is 4.06. The zero-order chi connectivity index (χ0) is 15.5. The summed E-state index contributed by atoms with van der Waals surface area (Å²) >= 11 is 3.44. The number of aliphatic imine (C=N–C) groups is 1. The summed E-state index contributed by atoms with van der Waals surface area (Å²) in [4.78, 5) is 8.59. The fourth-order valence-corrected chi connectivity index (χ4v) is 2.46. The van der Waals surface area contributed by atoms with Crippen molar-refractivity contribution < 1.29 is 9.52 Å². The summed E-state index contributed by atoms with van der Waals surface area (Å²) in [7, 11) is 0. The molecule has 0 radical (unpaired) electrons. The zero-order valence-corrected chi connectivity index (χ0v) is 13.4. The largest absolute Gasteiger partial charge is 0.479 e. The number of aromatic nitrogens is 1. The number of aryl methyl sites for hydroxylation is 1. The average Bonchev–Trinajstić information content (AvgIpc) is 2.87. The highest BCUT2D eigenvalue weighted by molar-refractivity contribution is 9.10. The topological polar surface area (TPSA) is 58.6 Å². The summed E-state index contributed by atoms with van der Waals surface area (Å²) in [5.41, 5.74) is 2.98. The van der Waals surface area contributed by atoms with Gasteiger partial charge in [0.1, 0.15) is 0 Å². The molecule has 0 unspecified atom stereocenters. The minimum absolute atomic E-state index is 0.248. The van der Waals surface area contributed by atoms with Crippen molar-refractivity contribution in [2.24, 2.45) is 4.99 Å². The molecule has 0 saturated carbocycles. The van der Waals surface area contributed by atoms with Gasteiger partial charge >= 0.3 is 5.95 Å². The molecule has 5 heteroatoms. The molecule has 22 heavy (non-hydrogen) atoms. The first-order chi connectivity index (χ1) is 10.6. The van der Waals surface area contributed by atoms with Gasteiger partial charge in [-0.1, -0.05) is 24.3 Å². The van der Waals surface area contributed by atoms with Gasteiger partial charge in [-0.05, 0) is 52.7 Å². The number of benzene rings is 2. The highest BCUT2D eigenvalue weighted by atomic mass is 79.9. The summed E-state index contributed by atoms with van der Waals surface area (Å²) in [5.74, 6) is 0.0952. The van der Waals surface area contributed by atoms with Crippen LogP contribution in [0.2, 0.25) is 0 Å². The maximum absolute atomic E-state index is 9.88.